The van der Waals surface area contributed by atoms with Crippen LogP contribution in [0.5, 0.6) is 0 Å². The fourth-order valence-corrected chi connectivity index (χ4v) is 1.22. The van der Waals surface area contributed by atoms with Crippen molar-refractivity contribution in [3.05, 3.63) is 0 Å². The molecule has 0 aliphatic heterocycles. The third-order valence-corrected chi connectivity index (χ3v) is 2.75. The van der Waals surface area contributed by atoms with Gasteiger partial charge in [-0.25, -0.2) is 9.59 Å². The molecule has 19 heavy (non-hydrogen) atoms. The monoisotopic (exact) mass is 273 g/mol. The highest BCUT2D eigenvalue weighted by Crippen LogP contribution is 2.19. The van der Waals surface area contributed by atoms with Gasteiger partial charge in [-0.3, -0.25) is 4.79 Å². The van der Waals surface area contributed by atoms with Gasteiger partial charge in [-0.2, -0.15) is 0 Å². The van der Waals surface area contributed by atoms with Gasteiger partial charge in [0.2, 0.25) is 5.91 Å². The summed E-state index contributed by atoms with van der Waals surface area (Å²) in [5, 5.41) is 13.9. The SMILES string of the molecule is CC(C)(CNC(=O)NC(C(=O)O)C(C)(C)C)C(N)=O. The maximum Gasteiger partial charge on any atom is 0.326 e. The minimum atomic E-state index is -1.11. The second-order valence-electron chi connectivity index (χ2n) is 6.21. The van der Waals surface area contributed by atoms with Crippen molar-refractivity contribution >= 4 is 17.9 Å². The van der Waals surface area contributed by atoms with E-state index < -0.39 is 34.8 Å². The lowest BCUT2D eigenvalue weighted by atomic mass is 9.87. The number of aliphatic carboxylic acids is 1. The first-order valence-electron chi connectivity index (χ1n) is 5.95. The lowest BCUT2D eigenvalue weighted by Gasteiger charge is -2.28. The number of urea groups is 1. The van der Waals surface area contributed by atoms with E-state index in [1.165, 1.54) is 0 Å². The third kappa shape index (κ3) is 5.58. The Kier molecular flexibility index (Phi) is 5.34. The van der Waals surface area contributed by atoms with Crippen molar-refractivity contribution in [2.45, 2.75) is 40.7 Å². The van der Waals surface area contributed by atoms with Crippen molar-refractivity contribution < 1.29 is 19.5 Å². The van der Waals surface area contributed by atoms with Crippen LogP contribution < -0.4 is 16.4 Å². The number of carbonyl (C=O) groups excluding carboxylic acids is 2. The van der Waals surface area contributed by atoms with Gasteiger partial charge in [-0.05, 0) is 19.3 Å². The molecule has 0 heterocycles. The Hall–Kier alpha value is -1.79. The Morgan fingerprint density at radius 1 is 1.16 bits per heavy atom. The number of carboxylic acids is 1. The number of amides is 3. The van der Waals surface area contributed by atoms with E-state index in [0.717, 1.165) is 0 Å². The highest BCUT2D eigenvalue weighted by molar-refractivity contribution is 5.84. The van der Waals surface area contributed by atoms with Gasteiger partial charge in [-0.1, -0.05) is 20.8 Å². The average molecular weight is 273 g/mol. The standard InChI is InChI=1S/C12H23N3O4/c1-11(2,3)7(8(16)17)15-10(19)14-6-12(4,5)9(13)18/h7H,6H2,1-5H3,(H2,13,18)(H,16,17)(H2,14,15,19). The van der Waals surface area contributed by atoms with E-state index in [4.69, 9.17) is 10.8 Å². The summed E-state index contributed by atoms with van der Waals surface area (Å²) >= 11 is 0. The first-order chi connectivity index (χ1) is 8.38. The lowest BCUT2D eigenvalue weighted by Crippen LogP contribution is -2.54. The normalized spacial score (nSPS) is 13.5. The van der Waals surface area contributed by atoms with Crippen LogP contribution in [-0.4, -0.2) is 35.6 Å². The molecule has 5 N–H and O–H groups in total. The van der Waals surface area contributed by atoms with Gasteiger partial charge in [0.1, 0.15) is 6.04 Å². The Morgan fingerprint density at radius 2 is 1.63 bits per heavy atom. The zero-order chi connectivity index (χ0) is 15.4. The molecule has 0 spiro atoms. The number of rotatable bonds is 5. The van der Waals surface area contributed by atoms with E-state index in [2.05, 4.69) is 10.6 Å². The Balaban J connectivity index is 4.54. The second-order valence-corrected chi connectivity index (χ2v) is 6.21. The molecule has 0 radical (unpaired) electrons. The van der Waals surface area contributed by atoms with Crippen LogP contribution in [-0.2, 0) is 9.59 Å². The number of nitrogens with one attached hydrogen (secondary N) is 2. The van der Waals surface area contributed by atoms with Gasteiger partial charge in [0.25, 0.3) is 0 Å². The largest absolute Gasteiger partial charge is 0.480 e. The highest BCUT2D eigenvalue weighted by atomic mass is 16.4. The van der Waals surface area contributed by atoms with E-state index in [0.29, 0.717) is 0 Å². The number of carboxylic acid groups (broad SMARTS) is 1. The van der Waals surface area contributed by atoms with Crippen LogP contribution in [0.4, 0.5) is 4.79 Å². The summed E-state index contributed by atoms with van der Waals surface area (Å²) in [5.74, 6) is -1.66. The van der Waals surface area contributed by atoms with Crippen molar-refractivity contribution in [1.29, 1.82) is 0 Å². The molecule has 1 unspecified atom stereocenters. The molecule has 0 bridgehead atoms. The third-order valence-electron chi connectivity index (χ3n) is 2.75. The van der Waals surface area contributed by atoms with E-state index in [9.17, 15) is 14.4 Å². The van der Waals surface area contributed by atoms with Crippen LogP contribution in [0, 0.1) is 10.8 Å². The predicted molar refractivity (Wildman–Crippen MR) is 70.4 cm³/mol. The van der Waals surface area contributed by atoms with Gasteiger partial charge < -0.3 is 21.5 Å². The van der Waals surface area contributed by atoms with Crippen LogP contribution in [0.15, 0.2) is 0 Å². The second kappa shape index (κ2) is 5.90. The molecule has 0 aromatic heterocycles. The molecule has 0 aliphatic carbocycles. The Bertz CT molecular complexity index is 372. The fourth-order valence-electron chi connectivity index (χ4n) is 1.22. The molecule has 7 nitrogen and oxygen atoms in total. The molecule has 0 saturated heterocycles. The Morgan fingerprint density at radius 3 is 1.95 bits per heavy atom. The molecule has 110 valence electrons. The molecule has 0 aromatic rings. The number of primary amides is 1. The highest BCUT2D eigenvalue weighted by Gasteiger charge is 2.33. The van der Waals surface area contributed by atoms with Crippen molar-refractivity contribution in [2.75, 3.05) is 6.54 Å². The minimum Gasteiger partial charge on any atom is -0.480 e. The van der Waals surface area contributed by atoms with E-state index in [-0.39, 0.29) is 6.54 Å². The predicted octanol–water partition coefficient (Wildman–Crippen LogP) is 0.296. The lowest BCUT2D eigenvalue weighted by molar-refractivity contribution is -0.142. The number of nitrogens with two attached hydrogens (primary N) is 1. The van der Waals surface area contributed by atoms with Crippen LogP contribution in [0.25, 0.3) is 0 Å². The number of hydrogen-bond donors (Lipinski definition) is 4. The first-order valence-corrected chi connectivity index (χ1v) is 5.95. The average Bonchev–Trinajstić information content (AvgIpc) is 2.20. The molecular formula is C12H23N3O4. The zero-order valence-corrected chi connectivity index (χ0v) is 12.0. The molecule has 0 saturated carbocycles. The van der Waals surface area contributed by atoms with Crippen molar-refractivity contribution in [1.82, 2.24) is 10.6 Å². The molecule has 0 fully saturated rings. The zero-order valence-electron chi connectivity index (χ0n) is 12.0. The fraction of sp³-hybridized carbons (Fsp3) is 0.750. The maximum atomic E-state index is 11.6. The molecule has 7 heteroatoms. The molecule has 3 amide bonds. The molecule has 0 aliphatic rings. The molecule has 0 aromatic carbocycles. The minimum absolute atomic E-state index is 0.0324. The van der Waals surface area contributed by atoms with Gasteiger partial charge >= 0.3 is 12.0 Å². The molecular weight excluding hydrogens is 250 g/mol. The maximum absolute atomic E-state index is 11.6. The first kappa shape index (κ1) is 17.2. The van der Waals surface area contributed by atoms with Crippen molar-refractivity contribution in [3.63, 3.8) is 0 Å². The van der Waals surface area contributed by atoms with Gasteiger partial charge in [0.15, 0.2) is 0 Å². The van der Waals surface area contributed by atoms with Gasteiger partial charge in [-0.15, -0.1) is 0 Å². The summed E-state index contributed by atoms with van der Waals surface area (Å²) in [6.45, 7) is 8.34. The number of carbonyl (C=O) groups is 3. The summed E-state index contributed by atoms with van der Waals surface area (Å²) in [6, 6.07) is -1.67. The van der Waals surface area contributed by atoms with E-state index in [1.807, 2.05) is 0 Å². The molecule has 0 rings (SSSR count). The number of hydrogen-bond acceptors (Lipinski definition) is 3. The van der Waals surface area contributed by atoms with E-state index >= 15 is 0 Å². The van der Waals surface area contributed by atoms with Gasteiger partial charge in [0, 0.05) is 6.54 Å². The van der Waals surface area contributed by atoms with Crippen LogP contribution in [0.3, 0.4) is 0 Å². The van der Waals surface area contributed by atoms with Crippen molar-refractivity contribution in [3.8, 4) is 0 Å². The van der Waals surface area contributed by atoms with Gasteiger partial charge in [0.05, 0.1) is 5.41 Å². The molecule has 1 atom stereocenters. The summed E-state index contributed by atoms with van der Waals surface area (Å²) in [4.78, 5) is 33.8. The Labute approximate surface area is 112 Å². The summed E-state index contributed by atoms with van der Waals surface area (Å²) in [7, 11) is 0. The van der Waals surface area contributed by atoms with Crippen LogP contribution in [0.1, 0.15) is 34.6 Å². The van der Waals surface area contributed by atoms with Crippen LogP contribution >= 0.6 is 0 Å². The quantitative estimate of drug-likeness (QED) is 0.575. The van der Waals surface area contributed by atoms with Crippen LogP contribution in [0.2, 0.25) is 0 Å². The summed E-state index contributed by atoms with van der Waals surface area (Å²) in [6.07, 6.45) is 0. The topological polar surface area (TPSA) is 122 Å². The summed E-state index contributed by atoms with van der Waals surface area (Å²) < 4.78 is 0. The smallest absolute Gasteiger partial charge is 0.326 e. The summed E-state index contributed by atoms with van der Waals surface area (Å²) in [5.41, 5.74) is 3.66. The van der Waals surface area contributed by atoms with E-state index in [1.54, 1.807) is 34.6 Å². The van der Waals surface area contributed by atoms with Crippen molar-refractivity contribution in [2.24, 2.45) is 16.6 Å².